The molecule has 6 heteroatoms. The molecule has 0 aromatic heterocycles. The number of hydrogen-bond donors (Lipinski definition) is 2. The van der Waals surface area contributed by atoms with Crippen LogP contribution in [0.15, 0.2) is 12.2 Å². The van der Waals surface area contributed by atoms with Gasteiger partial charge in [-0.3, -0.25) is 4.79 Å². The second kappa shape index (κ2) is 7.05. The molecule has 0 spiro atoms. The molecule has 3 fully saturated rings. The van der Waals surface area contributed by atoms with Crippen LogP contribution >= 0.6 is 0 Å². The predicted molar refractivity (Wildman–Crippen MR) is 105 cm³/mol. The van der Waals surface area contributed by atoms with E-state index < -0.39 is 6.09 Å². The number of carbonyl (C=O) groups is 2. The number of nitrogens with zero attached hydrogens (tertiary/aromatic N) is 1. The van der Waals surface area contributed by atoms with Crippen LogP contribution in [-0.4, -0.2) is 54.4 Å². The van der Waals surface area contributed by atoms with Crippen LogP contribution in [0.5, 0.6) is 0 Å². The lowest BCUT2D eigenvalue weighted by atomic mass is 9.48. The zero-order valence-electron chi connectivity index (χ0n) is 17.3. The van der Waals surface area contributed by atoms with Crippen molar-refractivity contribution in [3.8, 4) is 0 Å². The van der Waals surface area contributed by atoms with E-state index in [-0.39, 0.29) is 36.0 Å². The summed E-state index contributed by atoms with van der Waals surface area (Å²) in [7, 11) is 1.95. The molecule has 2 N–H and O–H groups in total. The van der Waals surface area contributed by atoms with Gasteiger partial charge in [0.2, 0.25) is 5.91 Å². The fourth-order valence-corrected chi connectivity index (χ4v) is 7.30. The number of hydrogen-bond acceptors (Lipinski definition) is 4. The summed E-state index contributed by atoms with van der Waals surface area (Å²) >= 11 is 0. The summed E-state index contributed by atoms with van der Waals surface area (Å²) in [5.74, 6) is 1.97. The van der Waals surface area contributed by atoms with Crippen molar-refractivity contribution < 1.29 is 19.4 Å². The van der Waals surface area contributed by atoms with E-state index in [9.17, 15) is 9.59 Å². The molecule has 7 atom stereocenters. The molecule has 6 nitrogen and oxygen atoms in total. The van der Waals surface area contributed by atoms with Gasteiger partial charge in [0.25, 0.3) is 0 Å². The summed E-state index contributed by atoms with van der Waals surface area (Å²) in [4.78, 5) is 26.2. The minimum atomic E-state index is -0.408. The lowest BCUT2D eigenvalue weighted by molar-refractivity contribution is -0.138. The number of fused-ring (bicyclic) bond motifs is 5. The average molecular weight is 391 g/mol. The van der Waals surface area contributed by atoms with Crippen molar-refractivity contribution in [2.24, 2.45) is 28.6 Å². The van der Waals surface area contributed by atoms with Gasteiger partial charge in [0.05, 0.1) is 6.61 Å². The maximum absolute atomic E-state index is 12.2. The van der Waals surface area contributed by atoms with E-state index >= 15 is 0 Å². The van der Waals surface area contributed by atoms with E-state index in [4.69, 9.17) is 9.84 Å². The molecular weight excluding hydrogens is 356 g/mol. The third-order valence-corrected chi connectivity index (χ3v) is 8.74. The number of rotatable bonds is 3. The molecule has 1 heterocycles. The number of aliphatic hydroxyl groups is 1. The van der Waals surface area contributed by atoms with E-state index in [0.29, 0.717) is 23.8 Å². The second-order valence-electron chi connectivity index (χ2n) is 9.80. The van der Waals surface area contributed by atoms with Gasteiger partial charge in [-0.05, 0) is 67.8 Å². The molecule has 0 aromatic rings. The number of alkyl carbamates (subject to hydrolysis) is 1. The van der Waals surface area contributed by atoms with Crippen molar-refractivity contribution in [2.75, 3.05) is 20.3 Å². The van der Waals surface area contributed by atoms with Crippen molar-refractivity contribution in [1.29, 1.82) is 0 Å². The molecule has 0 bridgehead atoms. The Labute approximate surface area is 167 Å². The van der Waals surface area contributed by atoms with Gasteiger partial charge in [0, 0.05) is 24.5 Å². The average Bonchev–Trinajstić information content (AvgIpc) is 3.00. The van der Waals surface area contributed by atoms with Crippen molar-refractivity contribution in [1.82, 2.24) is 10.2 Å². The van der Waals surface area contributed by atoms with Gasteiger partial charge < -0.3 is 20.1 Å². The van der Waals surface area contributed by atoms with Crippen molar-refractivity contribution in [2.45, 2.75) is 64.5 Å². The number of ether oxygens (including phenoxy) is 1. The number of aliphatic hydroxyl groups excluding tert-OH is 1. The third kappa shape index (κ3) is 2.87. The summed E-state index contributed by atoms with van der Waals surface area (Å²) in [5, 5.41) is 12.0. The van der Waals surface area contributed by atoms with Crippen LogP contribution in [0.1, 0.15) is 52.4 Å². The van der Waals surface area contributed by atoms with Crippen LogP contribution < -0.4 is 5.32 Å². The molecular formula is C22H34N2O4. The topological polar surface area (TPSA) is 78.9 Å². The summed E-state index contributed by atoms with van der Waals surface area (Å²) in [6.45, 7) is 4.60. The molecule has 3 aliphatic carbocycles. The molecule has 0 radical (unpaired) electrons. The molecule has 1 aliphatic heterocycles. The Hall–Kier alpha value is -1.56. The lowest BCUT2D eigenvalue weighted by Crippen LogP contribution is -2.60. The van der Waals surface area contributed by atoms with Gasteiger partial charge in [-0.1, -0.05) is 19.9 Å². The third-order valence-electron chi connectivity index (χ3n) is 8.74. The van der Waals surface area contributed by atoms with Crippen molar-refractivity contribution >= 4 is 12.0 Å². The van der Waals surface area contributed by atoms with Gasteiger partial charge >= 0.3 is 6.09 Å². The number of amides is 2. The van der Waals surface area contributed by atoms with Crippen LogP contribution in [0, 0.1) is 28.6 Å². The predicted octanol–water partition coefficient (Wildman–Crippen LogP) is 2.71. The summed E-state index contributed by atoms with van der Waals surface area (Å²) < 4.78 is 5.05. The van der Waals surface area contributed by atoms with E-state index in [1.807, 2.05) is 11.9 Å². The lowest BCUT2D eigenvalue weighted by Gasteiger charge is -2.60. The SMILES string of the molecule is CN1C(=O)C=C[C@]2(C)[C@H]3CC[C@]4(C)[C@@H](NC(=O)OCCO)CC[C@H]4[C@@H]3CC[C@@H]12. The van der Waals surface area contributed by atoms with Gasteiger partial charge in [-0.25, -0.2) is 4.79 Å². The van der Waals surface area contributed by atoms with Crippen LogP contribution in [0.4, 0.5) is 4.79 Å². The quantitative estimate of drug-likeness (QED) is 0.777. The molecule has 2 amide bonds. The van der Waals surface area contributed by atoms with Crippen molar-refractivity contribution in [3.63, 3.8) is 0 Å². The Morgan fingerprint density at radius 1 is 1.25 bits per heavy atom. The maximum Gasteiger partial charge on any atom is 0.407 e. The first-order chi connectivity index (χ1) is 13.3. The zero-order chi connectivity index (χ0) is 20.1. The first-order valence-corrected chi connectivity index (χ1v) is 10.8. The molecule has 0 aromatic carbocycles. The first-order valence-electron chi connectivity index (χ1n) is 10.8. The fraction of sp³-hybridized carbons (Fsp3) is 0.818. The number of carbonyl (C=O) groups excluding carboxylic acids is 2. The minimum Gasteiger partial charge on any atom is -0.447 e. The monoisotopic (exact) mass is 390 g/mol. The van der Waals surface area contributed by atoms with Crippen LogP contribution in [0.3, 0.4) is 0 Å². The number of nitrogens with one attached hydrogen (secondary N) is 1. The summed E-state index contributed by atoms with van der Waals surface area (Å²) in [6, 6.07) is 0.445. The highest BCUT2D eigenvalue weighted by atomic mass is 16.6. The molecule has 3 saturated carbocycles. The smallest absolute Gasteiger partial charge is 0.407 e. The Kier molecular flexibility index (Phi) is 4.97. The molecule has 156 valence electrons. The van der Waals surface area contributed by atoms with E-state index in [0.717, 1.165) is 38.5 Å². The van der Waals surface area contributed by atoms with Crippen LogP contribution in [0.25, 0.3) is 0 Å². The molecule has 0 unspecified atom stereocenters. The largest absolute Gasteiger partial charge is 0.447 e. The Balaban J connectivity index is 1.53. The van der Waals surface area contributed by atoms with Crippen molar-refractivity contribution in [3.05, 3.63) is 12.2 Å². The van der Waals surface area contributed by atoms with Crippen LogP contribution in [-0.2, 0) is 9.53 Å². The highest BCUT2D eigenvalue weighted by molar-refractivity contribution is 5.89. The highest BCUT2D eigenvalue weighted by Crippen LogP contribution is 2.63. The summed E-state index contributed by atoms with van der Waals surface area (Å²) in [5.41, 5.74) is 0.154. The summed E-state index contributed by atoms with van der Waals surface area (Å²) in [6.07, 6.45) is 10.2. The molecule has 28 heavy (non-hydrogen) atoms. The standard InChI is InChI=1S/C22H34N2O4/c1-21-10-8-16-14(4-7-18-22(16,2)11-9-19(26)24(18)3)15(21)5-6-17(21)23-20(27)28-13-12-25/h9,11,14-18,25H,4-8,10,12-13H2,1-3H3,(H,23,27)/t14-,15-,16-,17-,18+,21-,22+/m0/s1. The van der Waals surface area contributed by atoms with Gasteiger partial charge in [0.1, 0.15) is 6.61 Å². The molecule has 0 saturated heterocycles. The highest BCUT2D eigenvalue weighted by Gasteiger charge is 2.60. The molecule has 4 aliphatic rings. The minimum absolute atomic E-state index is 0.0434. The Bertz CT molecular complexity index is 679. The zero-order valence-corrected chi connectivity index (χ0v) is 17.3. The van der Waals surface area contributed by atoms with E-state index in [1.54, 1.807) is 6.08 Å². The first kappa shape index (κ1) is 19.7. The van der Waals surface area contributed by atoms with E-state index in [1.165, 1.54) is 0 Å². The van der Waals surface area contributed by atoms with Gasteiger partial charge in [0.15, 0.2) is 0 Å². The maximum atomic E-state index is 12.2. The van der Waals surface area contributed by atoms with E-state index in [2.05, 4.69) is 25.2 Å². The van der Waals surface area contributed by atoms with Crippen LogP contribution in [0.2, 0.25) is 0 Å². The Morgan fingerprint density at radius 2 is 2.04 bits per heavy atom. The normalized spacial score (nSPS) is 44.5. The Morgan fingerprint density at radius 3 is 2.79 bits per heavy atom. The number of likely N-dealkylation sites (N-methyl/N-ethyl adjacent to an activating group) is 1. The second-order valence-corrected chi connectivity index (χ2v) is 9.80. The fourth-order valence-electron chi connectivity index (χ4n) is 7.30. The molecule has 4 rings (SSSR count). The van der Waals surface area contributed by atoms with Gasteiger partial charge in [-0.15, -0.1) is 0 Å². The van der Waals surface area contributed by atoms with Gasteiger partial charge in [-0.2, -0.15) is 0 Å².